The van der Waals surface area contributed by atoms with E-state index in [0.717, 1.165) is 15.7 Å². The normalized spacial score (nSPS) is 13.5. The van der Waals surface area contributed by atoms with Crippen molar-refractivity contribution < 1.29 is 0 Å². The molecule has 0 spiro atoms. The molecule has 1 aromatic heterocycles. The highest BCUT2D eigenvalue weighted by molar-refractivity contribution is 9.10. The van der Waals surface area contributed by atoms with Crippen LogP contribution in [0.25, 0.3) is 5.69 Å². The Morgan fingerprint density at radius 2 is 1.82 bits per heavy atom. The lowest BCUT2D eigenvalue weighted by Crippen LogP contribution is -2.26. The first-order valence-corrected chi connectivity index (χ1v) is 7.47. The van der Waals surface area contributed by atoms with E-state index in [1.54, 1.807) is 17.3 Å². The van der Waals surface area contributed by atoms with Crippen molar-refractivity contribution in [1.29, 1.82) is 0 Å². The summed E-state index contributed by atoms with van der Waals surface area (Å²) in [7, 11) is 0. The summed E-state index contributed by atoms with van der Waals surface area (Å²) in [5, 5.41) is 0. The maximum absolute atomic E-state index is 12.4. The highest BCUT2D eigenvalue weighted by Crippen LogP contribution is 2.23. The lowest BCUT2D eigenvalue weighted by atomic mass is 10.2. The van der Waals surface area contributed by atoms with E-state index < -0.39 is 0 Å². The summed E-state index contributed by atoms with van der Waals surface area (Å²) in [6.07, 6.45) is 12.6. The van der Waals surface area contributed by atoms with Gasteiger partial charge in [-0.05, 0) is 46.6 Å². The lowest BCUT2D eigenvalue weighted by molar-refractivity contribution is 0.842. The molecule has 0 fully saturated rings. The van der Waals surface area contributed by atoms with Gasteiger partial charge >= 0.3 is 5.69 Å². The van der Waals surface area contributed by atoms with Gasteiger partial charge in [0.05, 0.1) is 5.69 Å². The van der Waals surface area contributed by atoms with Gasteiger partial charge in [0.2, 0.25) is 5.95 Å². The largest absolute Gasteiger partial charge is 0.356 e. The molecule has 5 nitrogen and oxygen atoms in total. The lowest BCUT2D eigenvalue weighted by Gasteiger charge is -2.14. The third kappa shape index (κ3) is 2.78. The van der Waals surface area contributed by atoms with Crippen molar-refractivity contribution in [3.05, 3.63) is 81.8 Å². The SMILES string of the molecule is Cc1cccc(Br)c1-n1cnc(N2C=CC=CC=C2)nc1=O. The molecule has 0 radical (unpaired) electrons. The molecule has 1 aliphatic heterocycles. The molecule has 0 amide bonds. The predicted octanol–water partition coefficient (Wildman–Crippen LogP) is 3.10. The molecular weight excluding hydrogens is 344 g/mol. The summed E-state index contributed by atoms with van der Waals surface area (Å²) in [5.74, 6) is 0.335. The molecule has 2 heterocycles. The van der Waals surface area contributed by atoms with Crippen LogP contribution in [0.15, 0.2) is 70.5 Å². The van der Waals surface area contributed by atoms with Gasteiger partial charge in [0.1, 0.15) is 6.33 Å². The summed E-state index contributed by atoms with van der Waals surface area (Å²) in [4.78, 5) is 22.4. The van der Waals surface area contributed by atoms with Gasteiger partial charge in [0.25, 0.3) is 0 Å². The number of para-hydroxylation sites is 1. The summed E-state index contributed by atoms with van der Waals surface area (Å²) in [5.41, 5.74) is 1.34. The zero-order valence-corrected chi connectivity index (χ0v) is 13.4. The van der Waals surface area contributed by atoms with E-state index in [2.05, 4.69) is 25.9 Å². The minimum atomic E-state index is -0.376. The zero-order chi connectivity index (χ0) is 15.5. The fraction of sp³-hybridized carbons (Fsp3) is 0.0625. The van der Waals surface area contributed by atoms with Crippen LogP contribution in [0.4, 0.5) is 5.95 Å². The first-order valence-electron chi connectivity index (χ1n) is 6.68. The smallest absolute Gasteiger partial charge is 0.293 e. The molecule has 6 heteroatoms. The quantitative estimate of drug-likeness (QED) is 0.829. The molecule has 0 atom stereocenters. The van der Waals surface area contributed by atoms with Gasteiger partial charge in [-0.2, -0.15) is 4.98 Å². The third-order valence-electron chi connectivity index (χ3n) is 3.18. The predicted molar refractivity (Wildman–Crippen MR) is 90.0 cm³/mol. The highest BCUT2D eigenvalue weighted by atomic mass is 79.9. The van der Waals surface area contributed by atoms with E-state index in [-0.39, 0.29) is 5.69 Å². The number of nitrogens with zero attached hydrogens (tertiary/aromatic N) is 4. The van der Waals surface area contributed by atoms with Crippen molar-refractivity contribution in [1.82, 2.24) is 14.5 Å². The number of anilines is 1. The Kier molecular flexibility index (Phi) is 4.02. The maximum atomic E-state index is 12.4. The summed E-state index contributed by atoms with van der Waals surface area (Å²) in [6.45, 7) is 1.94. The van der Waals surface area contributed by atoms with Gasteiger partial charge in [0.15, 0.2) is 0 Å². The Morgan fingerprint density at radius 1 is 1.09 bits per heavy atom. The topological polar surface area (TPSA) is 51.0 Å². The first kappa shape index (κ1) is 14.5. The van der Waals surface area contributed by atoms with Crippen LogP contribution in [-0.4, -0.2) is 14.5 Å². The van der Waals surface area contributed by atoms with Crippen LogP contribution in [0.3, 0.4) is 0 Å². The van der Waals surface area contributed by atoms with Crippen molar-refractivity contribution in [2.75, 3.05) is 4.90 Å². The molecule has 3 rings (SSSR count). The molecule has 0 unspecified atom stereocenters. The fourth-order valence-electron chi connectivity index (χ4n) is 2.13. The Hall–Kier alpha value is -2.47. The molecule has 2 aromatic rings. The highest BCUT2D eigenvalue weighted by Gasteiger charge is 2.11. The number of aryl methyl sites for hydroxylation is 1. The van der Waals surface area contributed by atoms with Crippen molar-refractivity contribution >= 4 is 21.9 Å². The Balaban J connectivity index is 2.05. The minimum absolute atomic E-state index is 0.335. The number of hydrogen-bond donors (Lipinski definition) is 0. The Bertz CT molecular complexity index is 815. The van der Waals surface area contributed by atoms with Crippen LogP contribution < -0.4 is 10.6 Å². The minimum Gasteiger partial charge on any atom is -0.293 e. The van der Waals surface area contributed by atoms with Crippen LogP contribution in [-0.2, 0) is 0 Å². The third-order valence-corrected chi connectivity index (χ3v) is 3.82. The maximum Gasteiger partial charge on any atom is 0.356 e. The first-order chi connectivity index (χ1) is 10.7. The molecule has 110 valence electrons. The van der Waals surface area contributed by atoms with E-state index in [1.807, 2.05) is 49.4 Å². The monoisotopic (exact) mass is 356 g/mol. The van der Waals surface area contributed by atoms with Crippen molar-refractivity contribution in [3.63, 3.8) is 0 Å². The summed E-state index contributed by atoms with van der Waals surface area (Å²) < 4.78 is 2.26. The van der Waals surface area contributed by atoms with E-state index in [1.165, 1.54) is 10.9 Å². The molecule has 0 N–H and O–H groups in total. The average molecular weight is 357 g/mol. The number of halogens is 1. The van der Waals surface area contributed by atoms with Crippen molar-refractivity contribution in [3.8, 4) is 5.69 Å². The van der Waals surface area contributed by atoms with Crippen LogP contribution in [0.5, 0.6) is 0 Å². The van der Waals surface area contributed by atoms with Gasteiger partial charge < -0.3 is 0 Å². The Morgan fingerprint density at radius 3 is 2.45 bits per heavy atom. The van der Waals surface area contributed by atoms with Crippen LogP contribution in [0, 0.1) is 6.92 Å². The fourth-order valence-corrected chi connectivity index (χ4v) is 2.79. The molecule has 22 heavy (non-hydrogen) atoms. The molecule has 1 aromatic carbocycles. The van der Waals surface area contributed by atoms with Crippen LogP contribution in [0.2, 0.25) is 0 Å². The average Bonchev–Trinajstić information content (AvgIpc) is 2.77. The number of rotatable bonds is 2. The standard InChI is InChI=1S/C16H13BrN4O/c1-12-7-6-8-13(17)14(12)21-11-18-15(19-16(21)22)20-9-4-2-3-5-10-20/h2-11H,1H3. The molecular formula is C16H13BrN4O. The van der Waals surface area contributed by atoms with Gasteiger partial charge in [0, 0.05) is 16.9 Å². The number of allylic oxidation sites excluding steroid dienone is 4. The zero-order valence-electron chi connectivity index (χ0n) is 11.8. The van der Waals surface area contributed by atoms with Gasteiger partial charge in [-0.15, -0.1) is 0 Å². The van der Waals surface area contributed by atoms with Crippen LogP contribution >= 0.6 is 15.9 Å². The van der Waals surface area contributed by atoms with Crippen molar-refractivity contribution in [2.24, 2.45) is 0 Å². The second kappa shape index (κ2) is 6.11. The van der Waals surface area contributed by atoms with Gasteiger partial charge in [-0.25, -0.2) is 14.3 Å². The summed E-state index contributed by atoms with van der Waals surface area (Å²) in [6, 6.07) is 5.74. The van der Waals surface area contributed by atoms with E-state index in [9.17, 15) is 4.79 Å². The number of aromatic nitrogens is 3. The van der Waals surface area contributed by atoms with Crippen LogP contribution in [0.1, 0.15) is 5.56 Å². The van der Waals surface area contributed by atoms with Crippen molar-refractivity contribution in [2.45, 2.75) is 6.92 Å². The van der Waals surface area contributed by atoms with E-state index >= 15 is 0 Å². The Labute approximate surface area is 136 Å². The molecule has 0 saturated heterocycles. The van der Waals surface area contributed by atoms with E-state index in [4.69, 9.17) is 0 Å². The van der Waals surface area contributed by atoms with Gasteiger partial charge in [-0.1, -0.05) is 24.3 Å². The molecule has 0 saturated carbocycles. The summed E-state index contributed by atoms with van der Waals surface area (Å²) >= 11 is 3.47. The van der Waals surface area contributed by atoms with Gasteiger partial charge in [-0.3, -0.25) is 4.90 Å². The molecule has 0 bridgehead atoms. The second-order valence-corrected chi connectivity index (χ2v) is 5.54. The second-order valence-electron chi connectivity index (χ2n) is 4.69. The number of benzene rings is 1. The van der Waals surface area contributed by atoms with E-state index in [0.29, 0.717) is 5.95 Å². The molecule has 1 aliphatic rings. The molecule has 0 aliphatic carbocycles. The number of hydrogen-bond acceptors (Lipinski definition) is 4.